The normalized spacial score (nSPS) is 22.8. The topological polar surface area (TPSA) is 313 Å². The number of halogens is 13. The van der Waals surface area contributed by atoms with Crippen molar-refractivity contribution in [3.8, 4) is 0 Å². The fourth-order valence-corrected chi connectivity index (χ4v) is 21.5. The van der Waals surface area contributed by atoms with Gasteiger partial charge in [0.05, 0.1) is 20.9 Å². The third kappa shape index (κ3) is 33.2. The van der Waals surface area contributed by atoms with Gasteiger partial charge in [-0.15, -0.1) is 0 Å². The minimum absolute atomic E-state index is 0.0126. The smallest absolute Gasteiger partial charge is 0.257 e. The highest BCUT2D eigenvalue weighted by Crippen LogP contribution is 2.47. The molecule has 0 aromatic heterocycles. The number of nitrogens with one attached hydrogen (secondary N) is 1. The summed E-state index contributed by atoms with van der Waals surface area (Å²) in [6, 6.07) is 47.7. The van der Waals surface area contributed by atoms with Crippen LogP contribution >= 0.6 is 207 Å². The molecule has 0 saturated heterocycles. The molecule has 7 aliphatic rings. The van der Waals surface area contributed by atoms with Crippen LogP contribution in [0.15, 0.2) is 231 Å². The minimum atomic E-state index is -1.60. The van der Waals surface area contributed by atoms with Crippen molar-refractivity contribution in [3.05, 3.63) is 247 Å². The van der Waals surface area contributed by atoms with Crippen LogP contribution in [0.25, 0.3) is 0 Å². The summed E-state index contributed by atoms with van der Waals surface area (Å²) in [6.07, 6.45) is 35.1. The maximum absolute atomic E-state index is 12.7. The van der Waals surface area contributed by atoms with Crippen LogP contribution in [-0.2, 0) is 53.2 Å². The molecular weight excluding hydrogens is 2600 g/mol. The third-order valence-electron chi connectivity index (χ3n) is 23.6. The standard InChI is InChI=1S/2C18H23Br2NO2.C16H19Br2NO2.2C15H17Br2NO2.C15H25Br2NO2.C5H6BrNO3/c2*1-2-3-4-8-11-15-12-18(23,17(19)20)21(16(15)22)13-14-9-6-5-7-10-14;1-2-3-9-13-10-16(21,15(17)18)19(14(13)20)11-12-7-5-4-6-8-12;1-2-3-9-12-13(17)15(20,10-16)18(14(12)19)11-7-5-4-6-8-11;1-2-3-7-11-10-15(20,14(16)17)18(13(11)19)12-8-5-4-6-9-12;1-3-5-7-8-9-12-11-15(20,14(16)17)18(13(12)19)10-6-4-2;6-3-1-4(9)7-5(3,10)2-8/h2*5-7,9-10,12,17,23H,2-4,8,11,13H2,1H3;4-8,10,15,21H,2-3,9,11H2,1H3;4-8,20H,2-3,9-10H2,1H3;4-6,8-10,14,20H,2-3,7H2,1H3;11,14,20H,3-10H2,1-2H3;1,8,10H,2H2,(H,7,9). The summed E-state index contributed by atoms with van der Waals surface area (Å²) in [5, 5.41) is 85.5. The molecule has 7 heterocycles. The van der Waals surface area contributed by atoms with Crippen molar-refractivity contribution < 1.29 is 74.4 Å². The second-order valence-electron chi connectivity index (χ2n) is 34.1. The number of para-hydroxylation sites is 2. The number of aliphatic hydroxyl groups excluding tert-OH is 1. The molecular formula is C102H130Br13N7O15. The van der Waals surface area contributed by atoms with Crippen LogP contribution in [0.2, 0.25) is 0 Å². The lowest BCUT2D eigenvalue weighted by Crippen LogP contribution is -2.51. The minimum Gasteiger partial charge on any atom is -0.391 e. The Bertz CT molecular complexity index is 4790. The van der Waals surface area contributed by atoms with Gasteiger partial charge in [0, 0.05) is 77.1 Å². The van der Waals surface area contributed by atoms with E-state index >= 15 is 0 Å². The summed E-state index contributed by atoms with van der Waals surface area (Å²) in [4.78, 5) is 95.4. The predicted molar refractivity (Wildman–Crippen MR) is 596 cm³/mol. The number of amides is 7. The highest BCUT2D eigenvalue weighted by Gasteiger charge is 2.54. The third-order valence-corrected chi connectivity index (χ3v) is 33.1. The van der Waals surface area contributed by atoms with Gasteiger partial charge in [-0.25, -0.2) is 0 Å². The lowest BCUT2D eigenvalue weighted by Gasteiger charge is -2.34. The molecule has 7 unspecified atom stereocenters. The van der Waals surface area contributed by atoms with Crippen LogP contribution in [0.4, 0.5) is 11.4 Å². The van der Waals surface area contributed by atoms with E-state index in [1.807, 2.05) is 152 Å². The van der Waals surface area contributed by atoms with Gasteiger partial charge in [-0.2, -0.15) is 0 Å². The Hall–Kier alpha value is -3.51. The number of unbranched alkanes of at least 4 members (excludes halogenated alkanes) is 13. The van der Waals surface area contributed by atoms with Gasteiger partial charge in [0.25, 0.3) is 35.4 Å². The number of anilines is 2. The van der Waals surface area contributed by atoms with E-state index in [-0.39, 0.29) is 49.0 Å². The number of nitrogens with zero attached hydrogens (tertiary/aromatic N) is 6. The predicted octanol–water partition coefficient (Wildman–Crippen LogP) is 24.7. The number of carbonyl (C=O) groups is 7. The maximum Gasteiger partial charge on any atom is 0.257 e. The zero-order valence-electron chi connectivity index (χ0n) is 78.4. The first kappa shape index (κ1) is 122. The molecule has 754 valence electrons. The van der Waals surface area contributed by atoms with E-state index in [9.17, 15) is 69.3 Å². The van der Waals surface area contributed by atoms with Crippen LogP contribution in [0, 0.1) is 0 Å². The van der Waals surface area contributed by atoms with Crippen molar-refractivity contribution in [2.45, 2.75) is 294 Å². The van der Waals surface area contributed by atoms with Gasteiger partial charge < -0.3 is 65.8 Å². The number of hydrogen-bond acceptors (Lipinski definition) is 15. The first-order valence-electron chi connectivity index (χ1n) is 46.6. The molecule has 137 heavy (non-hydrogen) atoms. The Balaban J connectivity index is 0.000000247. The summed E-state index contributed by atoms with van der Waals surface area (Å²) in [7, 11) is 0. The van der Waals surface area contributed by atoms with Crippen molar-refractivity contribution in [3.63, 3.8) is 0 Å². The van der Waals surface area contributed by atoms with Gasteiger partial charge >= 0.3 is 0 Å². The maximum atomic E-state index is 12.7. The second kappa shape index (κ2) is 59.9. The fraction of sp³-hybridized carbons (Fsp3) is 0.500. The number of alkyl halides is 11. The SMILES string of the molecule is CCCCC1=C(Br)C(O)(CBr)N(c2ccccc2)C1=O.CCCCC1=CC(O)(C(Br)Br)N(Cc2ccccc2)C1=O.CCCCC1=CC(O)(C(Br)Br)N(c2ccccc2)C1=O.CCCCCCC1=CC(O)(C(Br)Br)N(CCCC)C1=O.CCCCCCC1=CC(O)(C(Br)Br)N(Cc2ccccc2)C1=O.CCCCCCC1=CC(O)(C(Br)Br)N(Cc2ccccc2)C1=O.O=C1C=C(Br)C(O)(CO)N1. The lowest BCUT2D eigenvalue weighted by molar-refractivity contribution is -0.142. The molecule has 0 bridgehead atoms. The molecule has 22 nitrogen and oxygen atoms in total. The van der Waals surface area contributed by atoms with E-state index in [2.05, 4.69) is 261 Å². The first-order valence-corrected chi connectivity index (χ1v) is 58.4. The molecule has 0 spiro atoms. The molecule has 0 radical (unpaired) electrons. The molecule has 12 rings (SSSR count). The molecule has 7 aliphatic heterocycles. The van der Waals surface area contributed by atoms with Gasteiger partial charge in [0.15, 0.2) is 40.1 Å². The van der Waals surface area contributed by atoms with Crippen LogP contribution in [0.3, 0.4) is 0 Å². The Labute approximate surface area is 918 Å². The molecule has 0 saturated carbocycles. The van der Waals surface area contributed by atoms with Crippen molar-refractivity contribution in [2.75, 3.05) is 28.3 Å². The Morgan fingerprint density at radius 1 is 0.321 bits per heavy atom. The van der Waals surface area contributed by atoms with Crippen LogP contribution in [0.1, 0.15) is 232 Å². The number of benzene rings is 5. The largest absolute Gasteiger partial charge is 0.391 e. The molecule has 0 aliphatic carbocycles. The Morgan fingerprint density at radius 3 is 0.883 bits per heavy atom. The first-order chi connectivity index (χ1) is 65.1. The zero-order chi connectivity index (χ0) is 102. The fourth-order valence-electron chi connectivity index (χ4n) is 15.7. The van der Waals surface area contributed by atoms with Crippen LogP contribution in [-0.4, -0.2) is 179 Å². The molecule has 0 fully saturated rings. The van der Waals surface area contributed by atoms with E-state index in [1.165, 1.54) is 69.1 Å². The van der Waals surface area contributed by atoms with Gasteiger partial charge in [0.1, 0.15) is 18.7 Å². The van der Waals surface area contributed by atoms with E-state index in [0.717, 1.165) is 131 Å². The molecule has 9 N–H and O–H groups in total. The van der Waals surface area contributed by atoms with Crippen LogP contribution < -0.4 is 15.1 Å². The summed E-state index contributed by atoms with van der Waals surface area (Å²) in [5.74, 6) is -0.911. The number of carbonyl (C=O) groups excluding carboxylic acids is 7. The lowest BCUT2D eigenvalue weighted by atomic mass is 10.1. The van der Waals surface area contributed by atoms with Crippen molar-refractivity contribution in [2.24, 2.45) is 0 Å². The van der Waals surface area contributed by atoms with Gasteiger partial charge in [0.2, 0.25) is 5.91 Å². The van der Waals surface area contributed by atoms with E-state index < -0.39 is 67.5 Å². The summed E-state index contributed by atoms with van der Waals surface area (Å²) in [6.45, 7) is 16.1. The van der Waals surface area contributed by atoms with Crippen LogP contribution in [0.5, 0.6) is 0 Å². The van der Waals surface area contributed by atoms with Gasteiger partial charge in [-0.3, -0.25) is 43.4 Å². The van der Waals surface area contributed by atoms with Crippen molar-refractivity contribution >= 4 is 260 Å². The Kier molecular flexibility index (Phi) is 53.5. The summed E-state index contributed by atoms with van der Waals surface area (Å²) < 4.78 is -1.20. The van der Waals surface area contributed by atoms with E-state index in [0.29, 0.717) is 89.2 Å². The molecule has 7 atom stereocenters. The highest BCUT2D eigenvalue weighted by molar-refractivity contribution is 9.26. The zero-order valence-corrected chi connectivity index (χ0v) is 99.1. The van der Waals surface area contributed by atoms with Crippen molar-refractivity contribution in [1.82, 2.24) is 24.9 Å². The van der Waals surface area contributed by atoms with E-state index in [4.69, 9.17) is 5.11 Å². The average Bonchev–Trinajstić information content (AvgIpc) is 1.60. The van der Waals surface area contributed by atoms with E-state index in [1.54, 1.807) is 35.3 Å². The number of hydrogen-bond donors (Lipinski definition) is 9. The molecule has 5 aromatic rings. The number of aliphatic hydroxyl groups is 8. The second-order valence-corrected chi connectivity index (χ2v) is 51.7. The molecule has 35 heteroatoms. The summed E-state index contributed by atoms with van der Waals surface area (Å²) >= 11 is 43.4. The van der Waals surface area contributed by atoms with Gasteiger partial charge in [-0.05, 0) is 171 Å². The molecule has 7 amide bonds. The summed E-state index contributed by atoms with van der Waals surface area (Å²) in [5.41, 5.74) is -1.01. The monoisotopic (exact) mass is 2720 g/mol. The van der Waals surface area contributed by atoms with Crippen molar-refractivity contribution in [1.29, 1.82) is 0 Å². The highest BCUT2D eigenvalue weighted by atomic mass is 79.9. The quantitative estimate of drug-likeness (QED) is 0.0130. The molecule has 5 aromatic carbocycles. The Morgan fingerprint density at radius 2 is 0.599 bits per heavy atom. The number of rotatable bonds is 42. The van der Waals surface area contributed by atoms with Gasteiger partial charge in [-0.1, -0.05) is 450 Å². The average molecular weight is 2730 g/mol.